The fraction of sp³-hybridized carbons (Fsp3) is 0.409. The SMILES string of the molecule is O=C(C1C[C@@H]1c1ccccc1)N1CCC2(CC1)OCc1ccccc12. The van der Waals surface area contributed by atoms with Gasteiger partial charge in [-0.3, -0.25) is 4.79 Å². The maximum Gasteiger partial charge on any atom is 0.226 e. The Bertz CT molecular complexity index is 793. The average molecular weight is 333 g/mol. The third-order valence-corrected chi connectivity index (χ3v) is 6.23. The van der Waals surface area contributed by atoms with Crippen LogP contribution in [0.15, 0.2) is 54.6 Å². The lowest BCUT2D eigenvalue weighted by molar-refractivity contribution is -0.139. The predicted octanol–water partition coefficient (Wildman–Crippen LogP) is 3.84. The normalized spacial score (nSPS) is 26.5. The van der Waals surface area contributed by atoms with E-state index in [4.69, 9.17) is 4.74 Å². The van der Waals surface area contributed by atoms with Crippen LogP contribution in [-0.2, 0) is 21.7 Å². The Kier molecular flexibility index (Phi) is 3.46. The number of fused-ring (bicyclic) bond motifs is 2. The molecule has 25 heavy (non-hydrogen) atoms. The van der Waals surface area contributed by atoms with Crippen LogP contribution in [0.2, 0.25) is 0 Å². The van der Waals surface area contributed by atoms with E-state index in [-0.39, 0.29) is 11.5 Å². The van der Waals surface area contributed by atoms with Crippen LogP contribution in [-0.4, -0.2) is 23.9 Å². The van der Waals surface area contributed by atoms with Crippen LogP contribution in [0.5, 0.6) is 0 Å². The third kappa shape index (κ3) is 2.49. The van der Waals surface area contributed by atoms with Gasteiger partial charge in [-0.15, -0.1) is 0 Å². The number of carbonyl (C=O) groups is 1. The summed E-state index contributed by atoms with van der Waals surface area (Å²) in [5.41, 5.74) is 3.81. The number of rotatable bonds is 2. The molecule has 3 aliphatic rings. The second-order valence-corrected chi connectivity index (χ2v) is 7.62. The van der Waals surface area contributed by atoms with Crippen LogP contribution in [0, 0.1) is 5.92 Å². The molecule has 2 aromatic rings. The standard InChI is InChI=1S/C22H23NO2/c24-21(19-14-18(19)16-6-2-1-3-7-16)23-12-10-22(11-13-23)20-9-5-4-8-17(20)15-25-22/h1-9,18-19H,10-15H2/t18-,19?/m1/s1. The van der Waals surface area contributed by atoms with Gasteiger partial charge in [0, 0.05) is 19.0 Å². The fourth-order valence-corrected chi connectivity index (χ4v) is 4.66. The van der Waals surface area contributed by atoms with Crippen LogP contribution < -0.4 is 0 Å². The van der Waals surface area contributed by atoms with Crippen molar-refractivity contribution in [3.8, 4) is 0 Å². The third-order valence-electron chi connectivity index (χ3n) is 6.23. The van der Waals surface area contributed by atoms with Gasteiger partial charge < -0.3 is 9.64 Å². The molecule has 1 saturated heterocycles. The van der Waals surface area contributed by atoms with Crippen molar-refractivity contribution in [2.45, 2.75) is 37.4 Å². The number of hydrogen-bond acceptors (Lipinski definition) is 2. The second-order valence-electron chi connectivity index (χ2n) is 7.62. The van der Waals surface area contributed by atoms with E-state index in [0.29, 0.717) is 18.4 Å². The van der Waals surface area contributed by atoms with Crippen LogP contribution in [0.3, 0.4) is 0 Å². The van der Waals surface area contributed by atoms with Crippen molar-refractivity contribution in [3.63, 3.8) is 0 Å². The predicted molar refractivity (Wildman–Crippen MR) is 96.0 cm³/mol. The lowest BCUT2D eigenvalue weighted by Gasteiger charge is -2.39. The molecule has 1 unspecified atom stereocenters. The summed E-state index contributed by atoms with van der Waals surface area (Å²) in [5, 5.41) is 0. The van der Waals surface area contributed by atoms with Crippen LogP contribution in [0.1, 0.15) is 41.9 Å². The highest BCUT2D eigenvalue weighted by molar-refractivity contribution is 5.83. The average Bonchev–Trinajstić information content (AvgIpc) is 3.41. The Hall–Kier alpha value is -2.13. The van der Waals surface area contributed by atoms with Crippen molar-refractivity contribution < 1.29 is 9.53 Å². The molecule has 1 spiro atoms. The quantitative estimate of drug-likeness (QED) is 0.836. The van der Waals surface area contributed by atoms with Gasteiger partial charge >= 0.3 is 0 Å². The Labute approximate surface area is 148 Å². The van der Waals surface area contributed by atoms with Crippen molar-refractivity contribution >= 4 is 5.91 Å². The minimum absolute atomic E-state index is 0.157. The van der Waals surface area contributed by atoms with Gasteiger partial charge in [-0.1, -0.05) is 54.6 Å². The molecule has 1 amide bonds. The largest absolute Gasteiger partial charge is 0.365 e. The minimum atomic E-state index is -0.157. The molecular formula is C22H23NO2. The molecule has 0 bridgehead atoms. The highest BCUT2D eigenvalue weighted by Gasteiger charge is 2.48. The number of likely N-dealkylation sites (tertiary alicyclic amines) is 1. The summed E-state index contributed by atoms with van der Waals surface area (Å²) >= 11 is 0. The molecule has 3 heteroatoms. The molecule has 2 heterocycles. The number of piperidine rings is 1. The number of amides is 1. The van der Waals surface area contributed by atoms with E-state index in [1.807, 2.05) is 6.07 Å². The van der Waals surface area contributed by atoms with Crippen molar-refractivity contribution in [2.24, 2.45) is 5.92 Å². The van der Waals surface area contributed by atoms with E-state index in [1.165, 1.54) is 16.7 Å². The number of carbonyl (C=O) groups excluding carboxylic acids is 1. The Morgan fingerprint density at radius 1 is 1.00 bits per heavy atom. The summed E-state index contributed by atoms with van der Waals surface area (Å²) in [6.07, 6.45) is 2.83. The highest BCUT2D eigenvalue weighted by atomic mass is 16.5. The smallest absolute Gasteiger partial charge is 0.226 e. The summed E-state index contributed by atoms with van der Waals surface area (Å²) in [6.45, 7) is 2.33. The molecular weight excluding hydrogens is 310 g/mol. The lowest BCUT2D eigenvalue weighted by Crippen LogP contribution is -2.45. The number of ether oxygens (including phenoxy) is 1. The molecule has 0 radical (unpaired) electrons. The van der Waals surface area contributed by atoms with Crippen molar-refractivity contribution in [1.29, 1.82) is 0 Å². The van der Waals surface area contributed by atoms with E-state index >= 15 is 0 Å². The van der Waals surface area contributed by atoms with Crippen molar-refractivity contribution in [3.05, 3.63) is 71.3 Å². The zero-order chi connectivity index (χ0) is 16.9. The highest BCUT2D eigenvalue weighted by Crippen LogP contribution is 2.50. The number of nitrogens with zero attached hydrogens (tertiary/aromatic N) is 1. The molecule has 0 N–H and O–H groups in total. The zero-order valence-electron chi connectivity index (χ0n) is 14.4. The number of hydrogen-bond donors (Lipinski definition) is 0. The van der Waals surface area contributed by atoms with Crippen LogP contribution in [0.25, 0.3) is 0 Å². The summed E-state index contributed by atoms with van der Waals surface area (Å²) in [4.78, 5) is 15.0. The number of benzene rings is 2. The molecule has 2 atom stereocenters. The van der Waals surface area contributed by atoms with Crippen LogP contribution in [0.4, 0.5) is 0 Å². The Balaban J connectivity index is 1.25. The molecule has 0 aromatic heterocycles. The van der Waals surface area contributed by atoms with E-state index in [9.17, 15) is 4.79 Å². The first kappa shape index (κ1) is 15.2. The maximum absolute atomic E-state index is 12.9. The summed E-state index contributed by atoms with van der Waals surface area (Å²) < 4.78 is 6.21. The first-order chi connectivity index (χ1) is 12.3. The second kappa shape index (κ2) is 5.70. The Morgan fingerprint density at radius 2 is 1.72 bits per heavy atom. The Morgan fingerprint density at radius 3 is 2.52 bits per heavy atom. The topological polar surface area (TPSA) is 29.5 Å². The van der Waals surface area contributed by atoms with Gasteiger partial charge in [-0.05, 0) is 41.9 Å². The van der Waals surface area contributed by atoms with Crippen LogP contribution >= 0.6 is 0 Å². The monoisotopic (exact) mass is 333 g/mol. The molecule has 1 aliphatic carbocycles. The minimum Gasteiger partial charge on any atom is -0.365 e. The molecule has 5 rings (SSSR count). The van der Waals surface area contributed by atoms with Gasteiger partial charge in [0.05, 0.1) is 12.2 Å². The van der Waals surface area contributed by atoms with Gasteiger partial charge in [0.2, 0.25) is 5.91 Å². The molecule has 128 valence electrons. The van der Waals surface area contributed by atoms with Gasteiger partial charge in [0.1, 0.15) is 0 Å². The van der Waals surface area contributed by atoms with E-state index < -0.39 is 0 Å². The molecule has 2 aliphatic heterocycles. The summed E-state index contributed by atoms with van der Waals surface area (Å²) in [6, 6.07) is 19.0. The van der Waals surface area contributed by atoms with Gasteiger partial charge in [-0.25, -0.2) is 0 Å². The van der Waals surface area contributed by atoms with Gasteiger partial charge in [0.15, 0.2) is 0 Å². The summed E-state index contributed by atoms with van der Waals surface area (Å²) in [5.74, 6) is 0.955. The van der Waals surface area contributed by atoms with E-state index in [0.717, 1.165) is 32.4 Å². The first-order valence-corrected chi connectivity index (χ1v) is 9.33. The molecule has 2 aromatic carbocycles. The van der Waals surface area contributed by atoms with Crippen molar-refractivity contribution in [2.75, 3.05) is 13.1 Å². The van der Waals surface area contributed by atoms with Gasteiger partial charge in [-0.2, -0.15) is 0 Å². The van der Waals surface area contributed by atoms with E-state index in [1.54, 1.807) is 0 Å². The zero-order valence-corrected chi connectivity index (χ0v) is 14.4. The summed E-state index contributed by atoms with van der Waals surface area (Å²) in [7, 11) is 0. The molecule has 2 fully saturated rings. The maximum atomic E-state index is 12.9. The lowest BCUT2D eigenvalue weighted by atomic mass is 9.83. The first-order valence-electron chi connectivity index (χ1n) is 9.33. The molecule has 1 saturated carbocycles. The van der Waals surface area contributed by atoms with Gasteiger partial charge in [0.25, 0.3) is 0 Å². The fourth-order valence-electron chi connectivity index (χ4n) is 4.66. The van der Waals surface area contributed by atoms with Crippen molar-refractivity contribution in [1.82, 2.24) is 4.90 Å². The molecule has 3 nitrogen and oxygen atoms in total. The van der Waals surface area contributed by atoms with E-state index in [2.05, 4.69) is 53.4 Å².